The first-order chi connectivity index (χ1) is 8.97. The molecule has 5 heteroatoms. The van der Waals surface area contributed by atoms with Crippen LogP contribution in [-0.2, 0) is 6.54 Å². The van der Waals surface area contributed by atoms with Gasteiger partial charge >= 0.3 is 0 Å². The Balaban J connectivity index is 2.14. The third-order valence-electron chi connectivity index (χ3n) is 2.79. The number of hydrogen-bond acceptors (Lipinski definition) is 2. The molecule has 0 N–H and O–H groups in total. The maximum absolute atomic E-state index is 13.0. The van der Waals surface area contributed by atoms with Gasteiger partial charge in [0.25, 0.3) is 5.91 Å². The van der Waals surface area contributed by atoms with Gasteiger partial charge in [-0.05, 0) is 42.8 Å². The van der Waals surface area contributed by atoms with Crippen LogP contribution in [0.1, 0.15) is 20.8 Å². The predicted molar refractivity (Wildman–Crippen MR) is 76.3 cm³/mol. The highest BCUT2D eigenvalue weighted by Gasteiger charge is 2.15. The van der Waals surface area contributed by atoms with Gasteiger partial charge in [0.15, 0.2) is 0 Å². The fourth-order valence-corrected chi connectivity index (χ4v) is 2.96. The molecular weight excluding hydrogens is 285 g/mol. The first-order valence-electron chi connectivity index (χ1n) is 5.73. The highest BCUT2D eigenvalue weighted by atomic mass is 35.5. The zero-order valence-corrected chi connectivity index (χ0v) is 12.2. The van der Waals surface area contributed by atoms with Crippen LogP contribution in [-0.4, -0.2) is 17.9 Å². The van der Waals surface area contributed by atoms with Crippen molar-refractivity contribution >= 4 is 28.8 Å². The fraction of sp³-hybridized carbons (Fsp3) is 0.214. The van der Waals surface area contributed by atoms with E-state index in [0.29, 0.717) is 22.0 Å². The average Bonchev–Trinajstić information content (AvgIpc) is 2.74. The van der Waals surface area contributed by atoms with E-state index in [1.807, 2.05) is 12.1 Å². The second kappa shape index (κ2) is 5.72. The van der Waals surface area contributed by atoms with E-state index in [1.165, 1.54) is 29.5 Å². The summed E-state index contributed by atoms with van der Waals surface area (Å²) in [7, 11) is 1.72. The summed E-state index contributed by atoms with van der Waals surface area (Å²) in [6.07, 6.45) is 0. The lowest BCUT2D eigenvalue weighted by atomic mass is 10.1. The topological polar surface area (TPSA) is 20.3 Å². The average molecular weight is 298 g/mol. The van der Waals surface area contributed by atoms with Crippen LogP contribution < -0.4 is 0 Å². The number of halogens is 2. The van der Waals surface area contributed by atoms with Crippen LogP contribution in [0.15, 0.2) is 30.3 Å². The van der Waals surface area contributed by atoms with Crippen molar-refractivity contribution in [3.8, 4) is 0 Å². The van der Waals surface area contributed by atoms with Gasteiger partial charge < -0.3 is 4.90 Å². The quantitative estimate of drug-likeness (QED) is 0.834. The second-order valence-electron chi connectivity index (χ2n) is 4.33. The first kappa shape index (κ1) is 14.0. The summed E-state index contributed by atoms with van der Waals surface area (Å²) in [5.41, 5.74) is 1.16. The summed E-state index contributed by atoms with van der Waals surface area (Å²) in [5, 5.41) is 0. The van der Waals surface area contributed by atoms with Gasteiger partial charge in [0.2, 0.25) is 0 Å². The van der Waals surface area contributed by atoms with Crippen molar-refractivity contribution in [2.24, 2.45) is 0 Å². The van der Waals surface area contributed by atoms with Crippen LogP contribution in [0.2, 0.25) is 4.34 Å². The van der Waals surface area contributed by atoms with Crippen molar-refractivity contribution in [2.45, 2.75) is 13.5 Å². The first-order valence-corrected chi connectivity index (χ1v) is 6.92. The lowest BCUT2D eigenvalue weighted by Gasteiger charge is -2.17. The zero-order valence-electron chi connectivity index (χ0n) is 10.6. The lowest BCUT2D eigenvalue weighted by molar-refractivity contribution is 0.0785. The van der Waals surface area contributed by atoms with Gasteiger partial charge in [-0.2, -0.15) is 0 Å². The van der Waals surface area contributed by atoms with E-state index in [0.717, 1.165) is 4.88 Å². The van der Waals surface area contributed by atoms with Crippen LogP contribution in [0.3, 0.4) is 0 Å². The van der Waals surface area contributed by atoms with E-state index >= 15 is 0 Å². The summed E-state index contributed by atoms with van der Waals surface area (Å²) in [5.74, 6) is -0.455. The molecule has 2 nitrogen and oxygen atoms in total. The van der Waals surface area contributed by atoms with Crippen molar-refractivity contribution in [3.63, 3.8) is 0 Å². The molecule has 1 aromatic carbocycles. The SMILES string of the molecule is Cc1cc(F)ccc1C(=O)N(C)Cc1ccc(Cl)s1. The zero-order chi connectivity index (χ0) is 14.0. The Bertz CT molecular complexity index is 611. The van der Waals surface area contributed by atoms with Crippen molar-refractivity contribution < 1.29 is 9.18 Å². The van der Waals surface area contributed by atoms with E-state index in [2.05, 4.69) is 0 Å². The van der Waals surface area contributed by atoms with Crippen LogP contribution in [0.25, 0.3) is 0 Å². The van der Waals surface area contributed by atoms with Gasteiger partial charge in [-0.1, -0.05) is 11.6 Å². The number of nitrogens with zero attached hydrogens (tertiary/aromatic N) is 1. The Hall–Kier alpha value is -1.39. The normalized spacial score (nSPS) is 10.5. The molecule has 0 saturated carbocycles. The molecule has 1 amide bonds. The summed E-state index contributed by atoms with van der Waals surface area (Å²) < 4.78 is 13.7. The van der Waals surface area contributed by atoms with E-state index in [9.17, 15) is 9.18 Å². The molecule has 0 unspecified atom stereocenters. The molecule has 100 valence electrons. The molecule has 2 aromatic rings. The Morgan fingerprint density at radius 1 is 1.37 bits per heavy atom. The van der Waals surface area contributed by atoms with Crippen molar-refractivity contribution in [1.29, 1.82) is 0 Å². The molecule has 0 saturated heterocycles. The van der Waals surface area contributed by atoms with E-state index in [1.54, 1.807) is 18.9 Å². The Morgan fingerprint density at radius 3 is 2.68 bits per heavy atom. The molecule has 2 rings (SSSR count). The number of rotatable bonds is 3. The number of hydrogen-bond donors (Lipinski definition) is 0. The molecule has 0 radical (unpaired) electrons. The molecular formula is C14H13ClFNOS. The van der Waals surface area contributed by atoms with E-state index in [-0.39, 0.29) is 11.7 Å². The van der Waals surface area contributed by atoms with Gasteiger partial charge in [0, 0.05) is 17.5 Å². The van der Waals surface area contributed by atoms with Crippen molar-refractivity contribution in [2.75, 3.05) is 7.05 Å². The molecule has 1 aromatic heterocycles. The third-order valence-corrected chi connectivity index (χ3v) is 4.00. The highest BCUT2D eigenvalue weighted by molar-refractivity contribution is 7.16. The summed E-state index contributed by atoms with van der Waals surface area (Å²) in [6.45, 7) is 2.22. The number of amides is 1. The van der Waals surface area contributed by atoms with Gasteiger partial charge in [0.05, 0.1) is 10.9 Å². The lowest BCUT2D eigenvalue weighted by Crippen LogP contribution is -2.26. The van der Waals surface area contributed by atoms with Crippen LogP contribution >= 0.6 is 22.9 Å². The van der Waals surface area contributed by atoms with Gasteiger partial charge in [-0.25, -0.2) is 4.39 Å². The molecule has 0 spiro atoms. The maximum atomic E-state index is 13.0. The third kappa shape index (κ3) is 3.33. The summed E-state index contributed by atoms with van der Waals surface area (Å²) in [4.78, 5) is 14.9. The monoisotopic (exact) mass is 297 g/mol. The summed E-state index contributed by atoms with van der Waals surface area (Å²) >= 11 is 7.30. The number of aryl methyl sites for hydroxylation is 1. The Labute approximate surface area is 120 Å². The van der Waals surface area contributed by atoms with Crippen molar-refractivity contribution in [1.82, 2.24) is 4.90 Å². The second-order valence-corrected chi connectivity index (χ2v) is 6.13. The molecule has 0 aliphatic rings. The largest absolute Gasteiger partial charge is 0.337 e. The minimum atomic E-state index is -0.332. The highest BCUT2D eigenvalue weighted by Crippen LogP contribution is 2.23. The standard InChI is InChI=1S/C14H13ClFNOS/c1-9-7-10(16)3-5-12(9)14(18)17(2)8-11-4-6-13(15)19-11/h3-7H,8H2,1-2H3. The maximum Gasteiger partial charge on any atom is 0.254 e. The molecule has 0 atom stereocenters. The fourth-order valence-electron chi connectivity index (χ4n) is 1.81. The number of carbonyl (C=O) groups is 1. The molecule has 0 fully saturated rings. The smallest absolute Gasteiger partial charge is 0.254 e. The minimum Gasteiger partial charge on any atom is -0.337 e. The number of carbonyl (C=O) groups excluding carboxylic acids is 1. The van der Waals surface area contributed by atoms with E-state index < -0.39 is 0 Å². The Kier molecular flexibility index (Phi) is 4.22. The molecule has 1 heterocycles. The van der Waals surface area contributed by atoms with E-state index in [4.69, 9.17) is 11.6 Å². The molecule has 0 bridgehead atoms. The minimum absolute atomic E-state index is 0.123. The summed E-state index contributed by atoms with van der Waals surface area (Å²) in [6, 6.07) is 7.89. The molecule has 0 aliphatic carbocycles. The van der Waals surface area contributed by atoms with Crippen LogP contribution in [0.5, 0.6) is 0 Å². The Morgan fingerprint density at radius 2 is 2.11 bits per heavy atom. The predicted octanol–water partition coefficient (Wildman–Crippen LogP) is 4.12. The van der Waals surface area contributed by atoms with Gasteiger partial charge in [0.1, 0.15) is 5.82 Å². The molecule has 0 aliphatic heterocycles. The van der Waals surface area contributed by atoms with Crippen LogP contribution in [0, 0.1) is 12.7 Å². The molecule has 19 heavy (non-hydrogen) atoms. The number of thiophene rings is 1. The van der Waals surface area contributed by atoms with Crippen molar-refractivity contribution in [3.05, 3.63) is 56.5 Å². The van der Waals surface area contributed by atoms with Gasteiger partial charge in [-0.15, -0.1) is 11.3 Å². The number of benzene rings is 1. The van der Waals surface area contributed by atoms with Crippen LogP contribution in [0.4, 0.5) is 4.39 Å². The van der Waals surface area contributed by atoms with Gasteiger partial charge in [-0.3, -0.25) is 4.79 Å².